The van der Waals surface area contributed by atoms with E-state index in [0.29, 0.717) is 18.9 Å². The Bertz CT molecular complexity index is 902. The molecule has 9 heteroatoms. The minimum atomic E-state index is -0.778. The number of aliphatic carboxylic acids is 1. The lowest BCUT2D eigenvalue weighted by Gasteiger charge is -2.31. The molecule has 0 unspecified atom stereocenters. The minimum Gasteiger partial charge on any atom is -0.480 e. The van der Waals surface area contributed by atoms with Crippen molar-refractivity contribution < 1.29 is 19.5 Å². The average Bonchev–Trinajstić information content (AvgIpc) is 3.03. The number of fused-ring (bicyclic) bond motifs is 1. The summed E-state index contributed by atoms with van der Waals surface area (Å²) in [5.74, 6) is 0.112. The molecule has 2 N–H and O–H groups in total. The molecule has 0 radical (unpaired) electrons. The predicted molar refractivity (Wildman–Crippen MR) is 109 cm³/mol. The van der Waals surface area contributed by atoms with Gasteiger partial charge in [0.25, 0.3) is 0 Å². The summed E-state index contributed by atoms with van der Waals surface area (Å²) >= 11 is 0. The van der Waals surface area contributed by atoms with Crippen LogP contribution in [0.2, 0.25) is 0 Å². The molecule has 1 aromatic heterocycles. The summed E-state index contributed by atoms with van der Waals surface area (Å²) in [6.45, 7) is 2.14. The Labute approximate surface area is 169 Å². The summed E-state index contributed by atoms with van der Waals surface area (Å²) < 4.78 is 1.84. The number of carboxylic acid groups (broad SMARTS) is 1. The molecule has 29 heavy (non-hydrogen) atoms. The highest BCUT2D eigenvalue weighted by Gasteiger charge is 2.23. The van der Waals surface area contributed by atoms with Gasteiger partial charge in [-0.05, 0) is 49.5 Å². The Morgan fingerprint density at radius 1 is 1.34 bits per heavy atom. The van der Waals surface area contributed by atoms with Crippen LogP contribution in [0.5, 0.6) is 0 Å². The van der Waals surface area contributed by atoms with E-state index in [0.717, 1.165) is 42.7 Å². The van der Waals surface area contributed by atoms with E-state index >= 15 is 0 Å². The molecule has 1 fully saturated rings. The highest BCUT2D eigenvalue weighted by atomic mass is 16.4. The van der Waals surface area contributed by atoms with Crippen LogP contribution < -0.4 is 10.2 Å². The van der Waals surface area contributed by atoms with Gasteiger partial charge in [0.2, 0.25) is 12.3 Å². The third-order valence-corrected chi connectivity index (χ3v) is 5.53. The maximum atomic E-state index is 11.5. The first-order valence-electron chi connectivity index (χ1n) is 9.74. The van der Waals surface area contributed by atoms with Crippen LogP contribution in [0.25, 0.3) is 10.9 Å². The Morgan fingerprint density at radius 3 is 2.72 bits per heavy atom. The van der Waals surface area contributed by atoms with Crippen LogP contribution >= 0.6 is 0 Å². The van der Waals surface area contributed by atoms with E-state index in [2.05, 4.69) is 28.6 Å². The van der Waals surface area contributed by atoms with E-state index in [4.69, 9.17) is 5.11 Å². The molecule has 0 spiro atoms. The molecule has 3 rings (SSSR count). The standard InChI is InChI=1S/C20H27N5O4/c1-23(8-7-18(27)21-13-26)20-16-4-3-15(11-17(16)24(2)22-20)14-5-9-25(10-6-14)12-19(28)29/h3-4,11,13-14H,5-10,12H2,1-2H3,(H,28,29)(H,21,26,27). The number of carbonyl (C=O) groups excluding carboxylic acids is 2. The lowest BCUT2D eigenvalue weighted by molar-refractivity contribution is -0.138. The lowest BCUT2D eigenvalue weighted by Crippen LogP contribution is -2.36. The second kappa shape index (κ2) is 9.04. The summed E-state index contributed by atoms with van der Waals surface area (Å²) in [6.07, 6.45) is 2.48. The van der Waals surface area contributed by atoms with E-state index in [-0.39, 0.29) is 18.9 Å². The molecule has 0 aliphatic carbocycles. The molecule has 2 aromatic rings. The first-order chi connectivity index (χ1) is 13.9. The van der Waals surface area contributed by atoms with Crippen molar-refractivity contribution in [3.63, 3.8) is 0 Å². The number of amides is 2. The van der Waals surface area contributed by atoms with E-state index in [9.17, 15) is 14.4 Å². The summed E-state index contributed by atoms with van der Waals surface area (Å²) in [6, 6.07) is 6.35. The third-order valence-electron chi connectivity index (χ3n) is 5.53. The fourth-order valence-electron chi connectivity index (χ4n) is 3.92. The normalized spacial score (nSPS) is 15.4. The number of aryl methyl sites for hydroxylation is 1. The number of piperidine rings is 1. The summed E-state index contributed by atoms with van der Waals surface area (Å²) in [5, 5.41) is 16.7. The number of hydrogen-bond acceptors (Lipinski definition) is 6. The molecule has 1 aromatic carbocycles. The monoisotopic (exact) mass is 401 g/mol. The zero-order valence-electron chi connectivity index (χ0n) is 16.8. The number of nitrogens with one attached hydrogen (secondary N) is 1. The number of anilines is 1. The molecule has 9 nitrogen and oxygen atoms in total. The van der Waals surface area contributed by atoms with Crippen LogP contribution in [0, 0.1) is 0 Å². The fourth-order valence-corrected chi connectivity index (χ4v) is 3.92. The van der Waals surface area contributed by atoms with Crippen molar-refractivity contribution in [3.05, 3.63) is 23.8 Å². The van der Waals surface area contributed by atoms with Gasteiger partial charge >= 0.3 is 5.97 Å². The second-order valence-corrected chi connectivity index (χ2v) is 7.52. The zero-order chi connectivity index (χ0) is 21.0. The van der Waals surface area contributed by atoms with Gasteiger partial charge in [0.15, 0.2) is 5.82 Å². The molecule has 2 amide bonds. The van der Waals surface area contributed by atoms with Crippen LogP contribution in [0.1, 0.15) is 30.7 Å². The Kier molecular flexibility index (Phi) is 6.48. The molecule has 156 valence electrons. The van der Waals surface area contributed by atoms with Gasteiger partial charge in [-0.15, -0.1) is 0 Å². The second-order valence-electron chi connectivity index (χ2n) is 7.52. The predicted octanol–water partition coefficient (Wildman–Crippen LogP) is 0.936. The van der Waals surface area contributed by atoms with Crippen molar-refractivity contribution in [1.29, 1.82) is 0 Å². The van der Waals surface area contributed by atoms with Crippen molar-refractivity contribution in [2.45, 2.75) is 25.2 Å². The fraction of sp³-hybridized carbons (Fsp3) is 0.500. The highest BCUT2D eigenvalue weighted by Crippen LogP contribution is 2.32. The number of carboxylic acids is 1. The molecule has 0 saturated carbocycles. The third kappa shape index (κ3) is 4.92. The topological polar surface area (TPSA) is 108 Å². The quantitative estimate of drug-likeness (QED) is 0.634. The van der Waals surface area contributed by atoms with Gasteiger partial charge in [0, 0.05) is 32.4 Å². The van der Waals surface area contributed by atoms with Gasteiger partial charge in [-0.3, -0.25) is 29.3 Å². The smallest absolute Gasteiger partial charge is 0.317 e. The number of benzene rings is 1. The van der Waals surface area contributed by atoms with Gasteiger partial charge in [-0.2, -0.15) is 5.10 Å². The zero-order valence-corrected chi connectivity index (χ0v) is 16.8. The van der Waals surface area contributed by atoms with Crippen molar-refractivity contribution in [3.8, 4) is 0 Å². The molecule has 1 saturated heterocycles. The highest BCUT2D eigenvalue weighted by molar-refractivity contribution is 5.91. The van der Waals surface area contributed by atoms with Crippen LogP contribution in [-0.4, -0.2) is 71.3 Å². The van der Waals surface area contributed by atoms with Gasteiger partial charge in [-0.1, -0.05) is 6.07 Å². The summed E-state index contributed by atoms with van der Waals surface area (Å²) in [7, 11) is 3.78. The molecule has 1 aliphatic rings. The Morgan fingerprint density at radius 2 is 2.07 bits per heavy atom. The van der Waals surface area contributed by atoms with Gasteiger partial charge in [0.05, 0.1) is 12.1 Å². The molecule has 1 aliphatic heterocycles. The van der Waals surface area contributed by atoms with E-state index in [1.165, 1.54) is 5.56 Å². The maximum absolute atomic E-state index is 11.5. The summed E-state index contributed by atoms with van der Waals surface area (Å²) in [5.41, 5.74) is 2.27. The number of hydrogen-bond donors (Lipinski definition) is 2. The van der Waals surface area contributed by atoms with E-state index < -0.39 is 5.97 Å². The number of aromatic nitrogens is 2. The molecule has 0 atom stereocenters. The molecule has 2 heterocycles. The lowest BCUT2D eigenvalue weighted by atomic mass is 9.89. The van der Waals surface area contributed by atoms with E-state index in [1.54, 1.807) is 0 Å². The van der Waals surface area contributed by atoms with Gasteiger partial charge < -0.3 is 10.0 Å². The number of carbonyl (C=O) groups is 3. The average molecular weight is 401 g/mol. The van der Waals surface area contributed by atoms with Crippen LogP contribution in [-0.2, 0) is 21.4 Å². The van der Waals surface area contributed by atoms with Crippen LogP contribution in [0.15, 0.2) is 18.2 Å². The van der Waals surface area contributed by atoms with Crippen LogP contribution in [0.4, 0.5) is 5.82 Å². The van der Waals surface area contributed by atoms with Crippen molar-refractivity contribution in [2.75, 3.05) is 38.1 Å². The molecule has 0 bridgehead atoms. The van der Waals surface area contributed by atoms with Crippen molar-refractivity contribution in [1.82, 2.24) is 20.0 Å². The molecular weight excluding hydrogens is 374 g/mol. The SMILES string of the molecule is CN(CCC(=O)NC=O)c1nn(C)c2cc(C3CCN(CC(=O)O)CC3)ccc12. The minimum absolute atomic E-state index is 0.105. The number of likely N-dealkylation sites (tertiary alicyclic amines) is 1. The van der Waals surface area contributed by atoms with Gasteiger partial charge in [-0.25, -0.2) is 0 Å². The van der Waals surface area contributed by atoms with Crippen molar-refractivity contribution in [2.24, 2.45) is 7.05 Å². The van der Waals surface area contributed by atoms with Gasteiger partial charge in [0.1, 0.15) is 0 Å². The Balaban J connectivity index is 1.71. The first-order valence-corrected chi connectivity index (χ1v) is 9.74. The summed E-state index contributed by atoms with van der Waals surface area (Å²) in [4.78, 5) is 36.6. The number of rotatable bonds is 8. The van der Waals surface area contributed by atoms with Crippen LogP contribution in [0.3, 0.4) is 0 Å². The van der Waals surface area contributed by atoms with Crippen molar-refractivity contribution >= 4 is 35.0 Å². The number of nitrogens with zero attached hydrogens (tertiary/aromatic N) is 4. The maximum Gasteiger partial charge on any atom is 0.317 e. The molecular formula is C20H27N5O4. The first kappa shape index (κ1) is 20.8. The number of imide groups is 1. The largest absolute Gasteiger partial charge is 0.480 e. The Hall–Kier alpha value is -2.94. The van der Waals surface area contributed by atoms with E-state index in [1.807, 2.05) is 28.6 Å².